The monoisotopic (exact) mass is 247 g/mol. The summed E-state index contributed by atoms with van der Waals surface area (Å²) in [6, 6.07) is 5.96. The van der Waals surface area contributed by atoms with Gasteiger partial charge in [0.15, 0.2) is 0 Å². The van der Waals surface area contributed by atoms with E-state index in [0.29, 0.717) is 0 Å². The molecule has 1 atom stereocenters. The molecule has 5 N–H and O–H groups in total. The first kappa shape index (κ1) is 12.9. The molecule has 18 heavy (non-hydrogen) atoms. The van der Waals surface area contributed by atoms with E-state index in [9.17, 15) is 4.79 Å². The molecule has 0 heterocycles. The van der Waals surface area contributed by atoms with Crippen molar-refractivity contribution in [1.82, 2.24) is 5.32 Å². The highest BCUT2D eigenvalue weighted by atomic mass is 16.2. The van der Waals surface area contributed by atoms with Crippen LogP contribution in [0.25, 0.3) is 0 Å². The van der Waals surface area contributed by atoms with Crippen LogP contribution in [0.1, 0.15) is 43.9 Å². The molecule has 98 valence electrons. The highest BCUT2D eigenvalue weighted by Gasteiger charge is 2.27. The van der Waals surface area contributed by atoms with Gasteiger partial charge in [-0.2, -0.15) is 0 Å². The van der Waals surface area contributed by atoms with Crippen LogP contribution < -0.4 is 16.8 Å². The second-order valence-corrected chi connectivity index (χ2v) is 5.60. The summed E-state index contributed by atoms with van der Waals surface area (Å²) in [5, 5.41) is 3.03. The molecule has 0 saturated heterocycles. The highest BCUT2D eigenvalue weighted by molar-refractivity contribution is 5.85. The number of nitrogens with one attached hydrogen (secondary N) is 1. The third-order valence-corrected chi connectivity index (χ3v) is 3.37. The molecular formula is C14H21N3O. The van der Waals surface area contributed by atoms with Crippen molar-refractivity contribution in [3.8, 4) is 0 Å². The maximum absolute atomic E-state index is 11.9. The van der Waals surface area contributed by atoms with E-state index >= 15 is 0 Å². The van der Waals surface area contributed by atoms with Crippen LogP contribution in [0.5, 0.6) is 0 Å². The van der Waals surface area contributed by atoms with Gasteiger partial charge in [-0.3, -0.25) is 4.79 Å². The largest absolute Gasteiger partial charge is 0.399 e. The molecule has 1 aliphatic rings. The Labute approximate surface area is 108 Å². The van der Waals surface area contributed by atoms with Gasteiger partial charge < -0.3 is 16.8 Å². The predicted molar refractivity (Wildman–Crippen MR) is 72.9 cm³/mol. The lowest BCUT2D eigenvalue weighted by Gasteiger charge is -2.29. The van der Waals surface area contributed by atoms with Crippen LogP contribution in [0.4, 0.5) is 5.69 Å². The quantitative estimate of drug-likeness (QED) is 0.693. The molecule has 4 nitrogen and oxygen atoms in total. The van der Waals surface area contributed by atoms with Crippen molar-refractivity contribution in [2.75, 3.05) is 5.73 Å². The normalized spacial score (nSPS) is 19.2. The number of carbonyl (C=O) groups excluding carboxylic acids is 1. The van der Waals surface area contributed by atoms with Crippen LogP contribution in [0.15, 0.2) is 18.2 Å². The summed E-state index contributed by atoms with van der Waals surface area (Å²) in [6.45, 7) is 3.43. The lowest BCUT2D eigenvalue weighted by atomic mass is 9.87. The van der Waals surface area contributed by atoms with E-state index in [2.05, 4.69) is 5.32 Å². The number of hydrogen-bond donors (Lipinski definition) is 3. The Bertz CT molecular complexity index is 463. The number of anilines is 1. The van der Waals surface area contributed by atoms with Crippen molar-refractivity contribution < 1.29 is 4.79 Å². The summed E-state index contributed by atoms with van der Waals surface area (Å²) in [5.41, 5.74) is 13.9. The van der Waals surface area contributed by atoms with E-state index in [1.807, 2.05) is 18.2 Å². The molecule has 1 unspecified atom stereocenters. The molecule has 0 spiro atoms. The number of nitrogen functional groups attached to an aromatic ring is 1. The molecule has 0 fully saturated rings. The van der Waals surface area contributed by atoms with Gasteiger partial charge in [-0.1, -0.05) is 6.07 Å². The van der Waals surface area contributed by atoms with Gasteiger partial charge in [0.05, 0.1) is 11.6 Å². The van der Waals surface area contributed by atoms with Gasteiger partial charge in [0.2, 0.25) is 5.91 Å². The molecule has 0 aliphatic heterocycles. The number of benzene rings is 1. The second kappa shape index (κ2) is 4.61. The third kappa shape index (κ3) is 2.64. The van der Waals surface area contributed by atoms with Gasteiger partial charge in [-0.25, -0.2) is 0 Å². The molecule has 4 heteroatoms. The van der Waals surface area contributed by atoms with E-state index < -0.39 is 5.54 Å². The molecule has 0 aromatic heterocycles. The van der Waals surface area contributed by atoms with Crippen molar-refractivity contribution in [2.45, 2.75) is 44.7 Å². The number of rotatable bonds is 2. The molecule has 1 aromatic carbocycles. The van der Waals surface area contributed by atoms with Crippen molar-refractivity contribution in [1.29, 1.82) is 0 Å². The number of fused-ring (bicyclic) bond motifs is 1. The molecule has 0 radical (unpaired) electrons. The van der Waals surface area contributed by atoms with Crippen molar-refractivity contribution in [3.05, 3.63) is 29.3 Å². The summed E-state index contributed by atoms with van der Waals surface area (Å²) in [4.78, 5) is 11.9. The van der Waals surface area contributed by atoms with Crippen LogP contribution in [-0.2, 0) is 11.2 Å². The zero-order valence-electron chi connectivity index (χ0n) is 11.0. The van der Waals surface area contributed by atoms with Crippen LogP contribution in [-0.4, -0.2) is 11.4 Å². The Morgan fingerprint density at radius 2 is 2.17 bits per heavy atom. The summed E-state index contributed by atoms with van der Waals surface area (Å²) < 4.78 is 0. The third-order valence-electron chi connectivity index (χ3n) is 3.37. The molecular weight excluding hydrogens is 226 g/mol. The zero-order chi connectivity index (χ0) is 13.3. The van der Waals surface area contributed by atoms with Crippen molar-refractivity contribution in [3.63, 3.8) is 0 Å². The SMILES string of the molecule is CC(C)(N)C(=O)NC1CCCc2cc(N)ccc21. The van der Waals surface area contributed by atoms with E-state index in [-0.39, 0.29) is 11.9 Å². The maximum atomic E-state index is 11.9. The van der Waals surface area contributed by atoms with Gasteiger partial charge in [-0.15, -0.1) is 0 Å². The number of carbonyl (C=O) groups is 1. The topological polar surface area (TPSA) is 81.1 Å². The molecule has 1 amide bonds. The predicted octanol–water partition coefficient (Wildman–Crippen LogP) is 1.50. The molecule has 0 bridgehead atoms. The Morgan fingerprint density at radius 1 is 1.44 bits per heavy atom. The van der Waals surface area contributed by atoms with E-state index in [4.69, 9.17) is 11.5 Å². The van der Waals surface area contributed by atoms with Crippen LogP contribution >= 0.6 is 0 Å². The smallest absolute Gasteiger partial charge is 0.239 e. The van der Waals surface area contributed by atoms with E-state index in [0.717, 1.165) is 24.9 Å². The van der Waals surface area contributed by atoms with Gasteiger partial charge in [0, 0.05) is 5.69 Å². The fourth-order valence-corrected chi connectivity index (χ4v) is 2.33. The first-order valence-electron chi connectivity index (χ1n) is 6.36. The summed E-state index contributed by atoms with van der Waals surface area (Å²) >= 11 is 0. The standard InChI is InChI=1S/C14H21N3O/c1-14(2,16)13(18)17-12-5-3-4-9-8-10(15)6-7-11(9)12/h6-8,12H,3-5,15-16H2,1-2H3,(H,17,18). The fourth-order valence-electron chi connectivity index (χ4n) is 2.33. The maximum Gasteiger partial charge on any atom is 0.239 e. The Balaban J connectivity index is 2.21. The minimum Gasteiger partial charge on any atom is -0.399 e. The van der Waals surface area contributed by atoms with Crippen LogP contribution in [0.3, 0.4) is 0 Å². The minimum absolute atomic E-state index is 0.0599. The number of nitrogens with two attached hydrogens (primary N) is 2. The Morgan fingerprint density at radius 3 is 2.83 bits per heavy atom. The van der Waals surface area contributed by atoms with Gasteiger partial charge in [0.25, 0.3) is 0 Å². The van der Waals surface area contributed by atoms with E-state index in [1.54, 1.807) is 13.8 Å². The van der Waals surface area contributed by atoms with E-state index in [1.165, 1.54) is 11.1 Å². The Hall–Kier alpha value is -1.55. The first-order chi connectivity index (χ1) is 8.38. The van der Waals surface area contributed by atoms with Crippen molar-refractivity contribution in [2.24, 2.45) is 5.73 Å². The second-order valence-electron chi connectivity index (χ2n) is 5.60. The van der Waals surface area contributed by atoms with Gasteiger partial charge in [-0.05, 0) is 56.4 Å². The minimum atomic E-state index is -0.842. The van der Waals surface area contributed by atoms with Crippen LogP contribution in [0, 0.1) is 0 Å². The van der Waals surface area contributed by atoms with Gasteiger partial charge >= 0.3 is 0 Å². The lowest BCUT2D eigenvalue weighted by Crippen LogP contribution is -2.50. The average Bonchev–Trinajstić information content (AvgIpc) is 2.27. The molecule has 0 saturated carbocycles. The Kier molecular flexibility index (Phi) is 3.30. The van der Waals surface area contributed by atoms with Crippen molar-refractivity contribution >= 4 is 11.6 Å². The molecule has 1 aromatic rings. The number of aryl methyl sites for hydroxylation is 1. The summed E-state index contributed by atoms with van der Waals surface area (Å²) in [7, 11) is 0. The molecule has 2 rings (SSSR count). The highest BCUT2D eigenvalue weighted by Crippen LogP contribution is 2.31. The molecule has 1 aliphatic carbocycles. The average molecular weight is 247 g/mol. The fraction of sp³-hybridized carbons (Fsp3) is 0.500. The summed E-state index contributed by atoms with van der Waals surface area (Å²) in [5.74, 6) is -0.114. The number of amides is 1. The zero-order valence-corrected chi connectivity index (χ0v) is 11.0. The van der Waals surface area contributed by atoms with Crippen LogP contribution in [0.2, 0.25) is 0 Å². The number of hydrogen-bond acceptors (Lipinski definition) is 3. The first-order valence-corrected chi connectivity index (χ1v) is 6.36. The lowest BCUT2D eigenvalue weighted by molar-refractivity contribution is -0.126. The van der Waals surface area contributed by atoms with Gasteiger partial charge in [0.1, 0.15) is 0 Å². The summed E-state index contributed by atoms with van der Waals surface area (Å²) in [6.07, 6.45) is 3.05.